The van der Waals surface area contributed by atoms with Crippen LogP contribution in [0.15, 0.2) is 33.9 Å². The van der Waals surface area contributed by atoms with E-state index in [9.17, 15) is 9.59 Å². The van der Waals surface area contributed by atoms with Crippen molar-refractivity contribution in [2.45, 2.75) is 19.8 Å². The number of H-pyrrole nitrogens is 2. The highest BCUT2D eigenvalue weighted by Gasteiger charge is 2.00. The minimum atomic E-state index is -0.475. The van der Waals surface area contributed by atoms with Crippen molar-refractivity contribution in [3.05, 3.63) is 50.7 Å². The van der Waals surface area contributed by atoms with Gasteiger partial charge in [0, 0.05) is 0 Å². The van der Waals surface area contributed by atoms with Gasteiger partial charge in [-0.3, -0.25) is 9.78 Å². The number of aromatic nitrogens is 2. The quantitative estimate of drug-likeness (QED) is 0.847. The summed E-state index contributed by atoms with van der Waals surface area (Å²) in [6.07, 6.45) is 6.16. The zero-order valence-electron chi connectivity index (χ0n) is 9.62. The van der Waals surface area contributed by atoms with E-state index in [1.165, 1.54) is 0 Å². The van der Waals surface area contributed by atoms with Crippen molar-refractivity contribution < 1.29 is 0 Å². The average Bonchev–Trinajstić information content (AvgIpc) is 2.30. The van der Waals surface area contributed by atoms with E-state index in [1.807, 2.05) is 12.1 Å². The van der Waals surface area contributed by atoms with Crippen molar-refractivity contribution >= 4 is 17.0 Å². The van der Waals surface area contributed by atoms with Crippen LogP contribution in [0.5, 0.6) is 0 Å². The average molecular weight is 230 g/mol. The first-order valence-electron chi connectivity index (χ1n) is 5.63. The Labute approximate surface area is 98.0 Å². The van der Waals surface area contributed by atoms with Crippen molar-refractivity contribution in [1.82, 2.24) is 9.97 Å². The lowest BCUT2D eigenvalue weighted by Gasteiger charge is -1.98. The summed E-state index contributed by atoms with van der Waals surface area (Å²) in [6, 6.07) is 5.40. The van der Waals surface area contributed by atoms with E-state index in [4.69, 9.17) is 0 Å². The van der Waals surface area contributed by atoms with Crippen molar-refractivity contribution in [3.8, 4) is 0 Å². The van der Waals surface area contributed by atoms with Crippen LogP contribution in [0.3, 0.4) is 0 Å². The fraction of sp³-hybridized carbons (Fsp3) is 0.231. The Morgan fingerprint density at radius 1 is 1.24 bits per heavy atom. The number of aromatic amines is 2. The highest BCUT2D eigenvalue weighted by Crippen LogP contribution is 2.10. The molecule has 1 aromatic heterocycles. The summed E-state index contributed by atoms with van der Waals surface area (Å²) in [6.45, 7) is 2.11. The molecule has 0 bridgehead atoms. The van der Waals surface area contributed by atoms with Gasteiger partial charge in [0.2, 0.25) is 0 Å². The van der Waals surface area contributed by atoms with E-state index in [0.29, 0.717) is 10.9 Å². The number of fused-ring (bicyclic) bond motifs is 1. The van der Waals surface area contributed by atoms with Gasteiger partial charge >= 0.3 is 5.69 Å². The van der Waals surface area contributed by atoms with Gasteiger partial charge in [-0.1, -0.05) is 31.6 Å². The van der Waals surface area contributed by atoms with Gasteiger partial charge < -0.3 is 4.98 Å². The van der Waals surface area contributed by atoms with Crippen LogP contribution in [0.4, 0.5) is 0 Å². The second-order valence-electron chi connectivity index (χ2n) is 3.90. The normalized spacial score (nSPS) is 11.4. The third kappa shape index (κ3) is 2.53. The lowest BCUT2D eigenvalue weighted by molar-refractivity contribution is 0.962. The molecule has 0 spiro atoms. The van der Waals surface area contributed by atoms with E-state index < -0.39 is 5.69 Å². The zero-order chi connectivity index (χ0) is 12.3. The Morgan fingerprint density at radius 3 is 2.82 bits per heavy atom. The van der Waals surface area contributed by atoms with Crippen molar-refractivity contribution in [2.24, 2.45) is 0 Å². The number of nitrogens with one attached hydrogen (secondary N) is 2. The maximum Gasteiger partial charge on any atom is 0.326 e. The summed E-state index contributed by atoms with van der Waals surface area (Å²) >= 11 is 0. The van der Waals surface area contributed by atoms with Gasteiger partial charge in [0.05, 0.1) is 10.9 Å². The van der Waals surface area contributed by atoms with Crippen LogP contribution in [0.25, 0.3) is 17.0 Å². The molecule has 0 aliphatic rings. The Bertz CT molecular complexity index is 665. The summed E-state index contributed by atoms with van der Waals surface area (Å²) in [4.78, 5) is 27.5. The summed E-state index contributed by atoms with van der Waals surface area (Å²) in [5.41, 5.74) is 0.696. The number of allylic oxidation sites excluding steroid dienone is 1. The molecule has 0 amide bonds. The molecule has 88 valence electrons. The molecule has 0 aliphatic carbocycles. The third-order valence-corrected chi connectivity index (χ3v) is 2.53. The molecule has 17 heavy (non-hydrogen) atoms. The van der Waals surface area contributed by atoms with Crippen LogP contribution >= 0.6 is 0 Å². The molecule has 0 aliphatic heterocycles. The van der Waals surface area contributed by atoms with Crippen LogP contribution in [-0.4, -0.2) is 9.97 Å². The minimum Gasteiger partial charge on any atom is -0.307 e. The summed E-state index contributed by atoms with van der Waals surface area (Å²) < 4.78 is 0. The molecule has 0 atom stereocenters. The summed E-state index contributed by atoms with van der Waals surface area (Å²) in [7, 11) is 0. The van der Waals surface area contributed by atoms with Crippen molar-refractivity contribution in [3.63, 3.8) is 0 Å². The van der Waals surface area contributed by atoms with E-state index in [-0.39, 0.29) is 5.56 Å². The SMILES string of the molecule is CCC/C=C/c1ccc2[nH]c(=O)[nH]c(=O)c2c1. The molecule has 0 unspecified atom stereocenters. The van der Waals surface area contributed by atoms with Crippen LogP contribution < -0.4 is 11.2 Å². The predicted octanol–water partition coefficient (Wildman–Crippen LogP) is 2.03. The van der Waals surface area contributed by atoms with Gasteiger partial charge in [-0.2, -0.15) is 0 Å². The largest absolute Gasteiger partial charge is 0.326 e. The number of hydrogen-bond donors (Lipinski definition) is 2. The molecule has 0 saturated carbocycles. The fourth-order valence-electron chi connectivity index (χ4n) is 1.67. The number of unbranched alkanes of at least 4 members (excludes halogenated alkanes) is 1. The van der Waals surface area contributed by atoms with Gasteiger partial charge in [0.1, 0.15) is 0 Å². The highest BCUT2D eigenvalue weighted by atomic mass is 16.2. The lowest BCUT2D eigenvalue weighted by Crippen LogP contribution is -2.21. The Kier molecular flexibility index (Phi) is 3.23. The first kappa shape index (κ1) is 11.4. The molecule has 0 radical (unpaired) electrons. The first-order chi connectivity index (χ1) is 8.20. The molecule has 4 nitrogen and oxygen atoms in total. The summed E-state index contributed by atoms with van der Waals surface area (Å²) in [5, 5.41) is 0.503. The Hall–Kier alpha value is -2.10. The second kappa shape index (κ2) is 4.82. The molecular formula is C13H14N2O2. The molecule has 1 aromatic carbocycles. The molecule has 4 heteroatoms. The van der Waals surface area contributed by atoms with Gasteiger partial charge in [-0.05, 0) is 24.1 Å². The van der Waals surface area contributed by atoms with Gasteiger partial charge in [0.15, 0.2) is 0 Å². The smallest absolute Gasteiger partial charge is 0.307 e. The number of benzene rings is 1. The monoisotopic (exact) mass is 230 g/mol. The number of hydrogen-bond acceptors (Lipinski definition) is 2. The lowest BCUT2D eigenvalue weighted by atomic mass is 10.1. The zero-order valence-corrected chi connectivity index (χ0v) is 9.62. The highest BCUT2D eigenvalue weighted by molar-refractivity contribution is 5.80. The van der Waals surface area contributed by atoms with Gasteiger partial charge in [-0.25, -0.2) is 4.79 Å². The maximum atomic E-state index is 11.6. The molecule has 0 saturated heterocycles. The molecular weight excluding hydrogens is 216 g/mol. The van der Waals surface area contributed by atoms with E-state index in [1.54, 1.807) is 12.1 Å². The molecule has 2 rings (SSSR count). The van der Waals surface area contributed by atoms with E-state index >= 15 is 0 Å². The standard InChI is InChI=1S/C13H14N2O2/c1-2-3-4-5-9-6-7-11-10(8-9)12(16)15-13(17)14-11/h4-8H,2-3H2,1H3,(H2,14,15,16,17)/b5-4+. The topological polar surface area (TPSA) is 65.7 Å². The second-order valence-corrected chi connectivity index (χ2v) is 3.90. The van der Waals surface area contributed by atoms with Crippen LogP contribution in [0.2, 0.25) is 0 Å². The Balaban J connectivity index is 2.51. The molecule has 1 heterocycles. The minimum absolute atomic E-state index is 0.352. The third-order valence-electron chi connectivity index (χ3n) is 2.53. The van der Waals surface area contributed by atoms with Crippen LogP contribution in [0, 0.1) is 0 Å². The van der Waals surface area contributed by atoms with Crippen LogP contribution in [-0.2, 0) is 0 Å². The van der Waals surface area contributed by atoms with E-state index in [2.05, 4.69) is 23.0 Å². The predicted molar refractivity (Wildman–Crippen MR) is 69.1 cm³/mol. The Morgan fingerprint density at radius 2 is 2.06 bits per heavy atom. The van der Waals surface area contributed by atoms with Crippen molar-refractivity contribution in [2.75, 3.05) is 0 Å². The molecule has 2 N–H and O–H groups in total. The van der Waals surface area contributed by atoms with Gasteiger partial charge in [0.25, 0.3) is 5.56 Å². The number of rotatable bonds is 3. The molecule has 0 fully saturated rings. The maximum absolute atomic E-state index is 11.6. The first-order valence-corrected chi connectivity index (χ1v) is 5.63. The van der Waals surface area contributed by atoms with Crippen molar-refractivity contribution in [1.29, 1.82) is 0 Å². The van der Waals surface area contributed by atoms with Crippen LogP contribution in [0.1, 0.15) is 25.3 Å². The summed E-state index contributed by atoms with van der Waals surface area (Å²) in [5.74, 6) is 0. The van der Waals surface area contributed by atoms with E-state index in [0.717, 1.165) is 18.4 Å². The molecule has 2 aromatic rings. The van der Waals surface area contributed by atoms with Gasteiger partial charge in [-0.15, -0.1) is 0 Å². The fourth-order valence-corrected chi connectivity index (χ4v) is 1.67.